The van der Waals surface area contributed by atoms with E-state index in [1.807, 2.05) is 0 Å². The highest BCUT2D eigenvalue weighted by Crippen LogP contribution is 2.53. The number of hydrogen-bond acceptors (Lipinski definition) is 4. The summed E-state index contributed by atoms with van der Waals surface area (Å²) < 4.78 is 0. The summed E-state index contributed by atoms with van der Waals surface area (Å²) in [5.74, 6) is -0.0220. The molecular formula is C13H25N3O2. The topological polar surface area (TPSA) is 69.8 Å². The summed E-state index contributed by atoms with van der Waals surface area (Å²) in [5.41, 5.74) is 6.10. The van der Waals surface area contributed by atoms with Crippen LogP contribution in [0.3, 0.4) is 0 Å². The van der Waals surface area contributed by atoms with Gasteiger partial charge in [-0.15, -0.1) is 0 Å². The Labute approximate surface area is 109 Å². The Morgan fingerprint density at radius 1 is 1.50 bits per heavy atom. The maximum atomic E-state index is 11.6. The van der Waals surface area contributed by atoms with Crippen LogP contribution in [0.4, 0.5) is 0 Å². The third-order valence-corrected chi connectivity index (χ3v) is 4.47. The second-order valence-corrected chi connectivity index (χ2v) is 6.06. The quantitative estimate of drug-likeness (QED) is 0.720. The number of aliphatic hydroxyl groups is 1. The number of likely N-dealkylation sites (N-methyl/N-ethyl adjacent to an activating group) is 1. The summed E-state index contributed by atoms with van der Waals surface area (Å²) in [5, 5.41) is 10.1. The minimum atomic E-state index is -0.422. The molecule has 18 heavy (non-hydrogen) atoms. The molecule has 1 aliphatic heterocycles. The van der Waals surface area contributed by atoms with Crippen molar-refractivity contribution in [1.29, 1.82) is 0 Å². The van der Waals surface area contributed by atoms with Gasteiger partial charge in [0.05, 0.1) is 12.1 Å². The number of aliphatic hydroxyl groups excluding tert-OH is 1. The fraction of sp³-hybridized carbons (Fsp3) is 0.923. The molecular weight excluding hydrogens is 230 g/mol. The fourth-order valence-corrected chi connectivity index (χ4v) is 2.80. The molecule has 1 saturated carbocycles. The van der Waals surface area contributed by atoms with E-state index < -0.39 is 6.04 Å². The van der Waals surface area contributed by atoms with Crippen LogP contribution in [-0.4, -0.2) is 66.7 Å². The number of nitrogens with zero attached hydrogens (tertiary/aromatic N) is 2. The van der Waals surface area contributed by atoms with Crippen LogP contribution >= 0.6 is 0 Å². The highest BCUT2D eigenvalue weighted by atomic mass is 16.3. The monoisotopic (exact) mass is 255 g/mol. The molecule has 1 aliphatic carbocycles. The van der Waals surface area contributed by atoms with Gasteiger partial charge in [0.25, 0.3) is 0 Å². The zero-order valence-corrected chi connectivity index (χ0v) is 11.4. The average molecular weight is 255 g/mol. The second-order valence-electron chi connectivity index (χ2n) is 6.06. The van der Waals surface area contributed by atoms with E-state index in [0.29, 0.717) is 6.42 Å². The number of carbonyl (C=O) groups excluding carboxylic acids is 1. The summed E-state index contributed by atoms with van der Waals surface area (Å²) in [6.07, 6.45) is 3.93. The minimum Gasteiger partial charge on any atom is -0.391 e. The number of nitrogens with two attached hydrogens (primary N) is 1. The van der Waals surface area contributed by atoms with E-state index in [1.165, 1.54) is 17.7 Å². The molecule has 0 aromatic carbocycles. The SMILES string of the molecule is CN(C)C(=O)[C@@H](N)CCN1CCC2(CC2)[C@H](O)C1. The Balaban J connectivity index is 1.73. The van der Waals surface area contributed by atoms with Crippen molar-refractivity contribution in [1.82, 2.24) is 9.80 Å². The van der Waals surface area contributed by atoms with E-state index in [9.17, 15) is 9.90 Å². The normalized spacial score (nSPS) is 28.1. The van der Waals surface area contributed by atoms with Crippen molar-refractivity contribution in [2.75, 3.05) is 33.7 Å². The van der Waals surface area contributed by atoms with Crippen LogP contribution in [0.15, 0.2) is 0 Å². The van der Waals surface area contributed by atoms with Crippen LogP contribution in [-0.2, 0) is 4.79 Å². The van der Waals surface area contributed by atoms with Gasteiger partial charge in [0.2, 0.25) is 5.91 Å². The largest absolute Gasteiger partial charge is 0.391 e. The first-order valence-corrected chi connectivity index (χ1v) is 6.82. The molecule has 2 atom stereocenters. The zero-order chi connectivity index (χ0) is 13.3. The third-order valence-electron chi connectivity index (χ3n) is 4.47. The summed E-state index contributed by atoms with van der Waals surface area (Å²) >= 11 is 0. The van der Waals surface area contributed by atoms with Gasteiger partial charge < -0.3 is 20.6 Å². The Morgan fingerprint density at radius 3 is 2.67 bits per heavy atom. The van der Waals surface area contributed by atoms with E-state index in [0.717, 1.165) is 26.1 Å². The van der Waals surface area contributed by atoms with Crippen LogP contribution in [0.5, 0.6) is 0 Å². The molecule has 104 valence electrons. The molecule has 0 aromatic heterocycles. The molecule has 0 aromatic rings. The lowest BCUT2D eigenvalue weighted by molar-refractivity contribution is -0.130. The summed E-state index contributed by atoms with van der Waals surface area (Å²) in [6, 6.07) is -0.422. The smallest absolute Gasteiger partial charge is 0.239 e. The minimum absolute atomic E-state index is 0.0220. The number of hydrogen-bond donors (Lipinski definition) is 2. The van der Waals surface area contributed by atoms with Crippen LogP contribution in [0.2, 0.25) is 0 Å². The van der Waals surface area contributed by atoms with Crippen molar-refractivity contribution in [3.63, 3.8) is 0 Å². The van der Waals surface area contributed by atoms with Crippen LogP contribution in [0, 0.1) is 5.41 Å². The van der Waals surface area contributed by atoms with Gasteiger partial charge in [0, 0.05) is 27.2 Å². The molecule has 0 unspecified atom stereocenters. The number of likely N-dealkylation sites (tertiary alicyclic amines) is 1. The van der Waals surface area contributed by atoms with Gasteiger partial charge in [-0.25, -0.2) is 0 Å². The lowest BCUT2D eigenvalue weighted by Crippen LogP contribution is -2.47. The van der Waals surface area contributed by atoms with Crippen molar-refractivity contribution in [2.45, 2.75) is 37.8 Å². The molecule has 0 radical (unpaired) electrons. The molecule has 0 bridgehead atoms. The predicted octanol–water partition coefficient (Wildman–Crippen LogP) is -0.361. The molecule has 1 saturated heterocycles. The Kier molecular flexibility index (Phi) is 3.94. The first-order chi connectivity index (χ1) is 8.44. The Hall–Kier alpha value is -0.650. The lowest BCUT2D eigenvalue weighted by Gasteiger charge is -2.36. The zero-order valence-electron chi connectivity index (χ0n) is 11.4. The summed E-state index contributed by atoms with van der Waals surface area (Å²) in [6.45, 7) is 2.57. The fourth-order valence-electron chi connectivity index (χ4n) is 2.80. The van der Waals surface area contributed by atoms with Crippen molar-refractivity contribution < 1.29 is 9.90 Å². The predicted molar refractivity (Wildman–Crippen MR) is 70.0 cm³/mol. The maximum absolute atomic E-state index is 11.6. The maximum Gasteiger partial charge on any atom is 0.239 e. The van der Waals surface area contributed by atoms with Gasteiger partial charge in [-0.2, -0.15) is 0 Å². The molecule has 1 heterocycles. The Bertz CT molecular complexity index is 315. The molecule has 1 amide bonds. The van der Waals surface area contributed by atoms with E-state index in [4.69, 9.17) is 5.73 Å². The van der Waals surface area contributed by atoms with Gasteiger partial charge in [-0.05, 0) is 37.6 Å². The van der Waals surface area contributed by atoms with E-state index in [1.54, 1.807) is 14.1 Å². The number of rotatable bonds is 4. The van der Waals surface area contributed by atoms with Crippen molar-refractivity contribution >= 4 is 5.91 Å². The molecule has 1 spiro atoms. The van der Waals surface area contributed by atoms with Gasteiger partial charge in [-0.1, -0.05) is 0 Å². The molecule has 2 fully saturated rings. The molecule has 3 N–H and O–H groups in total. The van der Waals surface area contributed by atoms with Gasteiger partial charge in [-0.3, -0.25) is 4.79 Å². The van der Waals surface area contributed by atoms with Crippen molar-refractivity contribution in [3.8, 4) is 0 Å². The first-order valence-electron chi connectivity index (χ1n) is 6.82. The molecule has 5 nitrogen and oxygen atoms in total. The number of β-amino-alcohol motifs (C(OH)–C–C–N with tert-alkyl or cyclic N) is 1. The summed E-state index contributed by atoms with van der Waals surface area (Å²) in [7, 11) is 3.45. The molecule has 2 rings (SSSR count). The number of piperidine rings is 1. The van der Waals surface area contributed by atoms with Crippen molar-refractivity contribution in [2.24, 2.45) is 11.1 Å². The average Bonchev–Trinajstić information content (AvgIpc) is 3.10. The van der Waals surface area contributed by atoms with Gasteiger partial charge in [0.1, 0.15) is 0 Å². The van der Waals surface area contributed by atoms with Gasteiger partial charge >= 0.3 is 0 Å². The third kappa shape index (κ3) is 2.84. The van der Waals surface area contributed by atoms with E-state index in [2.05, 4.69) is 4.90 Å². The molecule has 2 aliphatic rings. The van der Waals surface area contributed by atoms with E-state index >= 15 is 0 Å². The van der Waals surface area contributed by atoms with Crippen LogP contribution in [0.1, 0.15) is 25.7 Å². The number of carbonyl (C=O) groups is 1. The highest BCUT2D eigenvalue weighted by Gasteiger charge is 2.51. The van der Waals surface area contributed by atoms with Gasteiger partial charge in [0.15, 0.2) is 0 Å². The van der Waals surface area contributed by atoms with Crippen molar-refractivity contribution in [3.05, 3.63) is 0 Å². The van der Waals surface area contributed by atoms with E-state index in [-0.39, 0.29) is 17.4 Å². The summed E-state index contributed by atoms with van der Waals surface area (Å²) in [4.78, 5) is 15.4. The lowest BCUT2D eigenvalue weighted by atomic mass is 9.90. The second kappa shape index (κ2) is 5.15. The highest BCUT2D eigenvalue weighted by molar-refractivity contribution is 5.81. The van der Waals surface area contributed by atoms with Crippen LogP contribution < -0.4 is 5.73 Å². The number of amides is 1. The standard InChI is InChI=1S/C13H25N3O2/c1-15(2)12(18)10(14)3-7-16-8-6-13(4-5-13)11(17)9-16/h10-11,17H,3-9,14H2,1-2H3/t10-,11+/m0/s1. The molecule has 5 heteroatoms. The first kappa shape index (κ1) is 13.8. The Morgan fingerprint density at radius 2 is 2.17 bits per heavy atom. The van der Waals surface area contributed by atoms with Crippen LogP contribution in [0.25, 0.3) is 0 Å².